The van der Waals surface area contributed by atoms with Crippen molar-refractivity contribution in [3.8, 4) is 5.75 Å². The molecule has 1 amide bonds. The van der Waals surface area contributed by atoms with Crippen LogP contribution in [0.3, 0.4) is 0 Å². The van der Waals surface area contributed by atoms with Gasteiger partial charge in [-0.05, 0) is 31.0 Å². The summed E-state index contributed by atoms with van der Waals surface area (Å²) in [7, 11) is 2.10. The first-order valence-electron chi connectivity index (χ1n) is 8.58. The molecule has 0 unspecified atom stereocenters. The number of piperazine rings is 1. The van der Waals surface area contributed by atoms with Crippen LogP contribution in [0.5, 0.6) is 5.75 Å². The van der Waals surface area contributed by atoms with Crippen molar-refractivity contribution in [2.75, 3.05) is 39.8 Å². The highest BCUT2D eigenvalue weighted by atomic mass is 35.5. The number of hydrogen-bond acceptors (Lipinski definition) is 4. The molecule has 0 spiro atoms. The van der Waals surface area contributed by atoms with Crippen LogP contribution in [0, 0.1) is 0 Å². The first kappa shape index (κ1) is 22.5. The minimum Gasteiger partial charge on any atom is -0.493 e. The first-order chi connectivity index (χ1) is 11.7. The first-order valence-corrected chi connectivity index (χ1v) is 8.58. The molecule has 0 bridgehead atoms. The second-order valence-corrected chi connectivity index (χ2v) is 6.24. The highest BCUT2D eigenvalue weighted by Crippen LogP contribution is 2.28. The van der Waals surface area contributed by atoms with Crippen molar-refractivity contribution in [1.82, 2.24) is 15.3 Å². The second kappa shape index (κ2) is 10.6. The lowest BCUT2D eigenvalue weighted by molar-refractivity contribution is 0.0664. The van der Waals surface area contributed by atoms with Crippen LogP contribution in [-0.2, 0) is 0 Å². The number of nitrogens with one attached hydrogen (secondary N) is 1. The Morgan fingerprint density at radius 1 is 1.04 bits per heavy atom. The topological polar surface area (TPSA) is 44.8 Å². The SMILES string of the molecule is CCCOc1ccc(C(=O)NN2CCN(C)CC2)c2ccccc12.Cl.Cl. The third-order valence-electron chi connectivity index (χ3n) is 4.35. The summed E-state index contributed by atoms with van der Waals surface area (Å²) in [5.41, 5.74) is 3.73. The molecule has 26 heavy (non-hydrogen) atoms. The van der Waals surface area contributed by atoms with E-state index in [1.165, 1.54) is 0 Å². The number of hydrazine groups is 1. The van der Waals surface area contributed by atoms with Crippen LogP contribution in [0.25, 0.3) is 10.8 Å². The molecule has 1 saturated heterocycles. The molecule has 5 nitrogen and oxygen atoms in total. The molecule has 0 atom stereocenters. The quantitative estimate of drug-likeness (QED) is 0.836. The van der Waals surface area contributed by atoms with Crippen LogP contribution in [0.1, 0.15) is 23.7 Å². The standard InChI is InChI=1S/C19H25N3O2.2ClH/c1-3-14-24-18-9-8-17(15-6-4-5-7-16(15)18)19(23)20-22-12-10-21(2)11-13-22;;/h4-9H,3,10-14H2,1-2H3,(H,20,23);2*1H. The van der Waals surface area contributed by atoms with Gasteiger partial charge in [0.1, 0.15) is 5.75 Å². The maximum Gasteiger partial charge on any atom is 0.266 e. The van der Waals surface area contributed by atoms with Gasteiger partial charge in [0.25, 0.3) is 5.91 Å². The molecule has 0 aromatic heterocycles. The molecule has 144 valence electrons. The third-order valence-corrected chi connectivity index (χ3v) is 4.35. The molecule has 1 N–H and O–H groups in total. The Kier molecular flexibility index (Phi) is 9.16. The summed E-state index contributed by atoms with van der Waals surface area (Å²) < 4.78 is 5.82. The number of ether oxygens (including phenoxy) is 1. The lowest BCUT2D eigenvalue weighted by Gasteiger charge is -2.32. The fourth-order valence-electron chi connectivity index (χ4n) is 2.93. The van der Waals surface area contributed by atoms with Crippen LogP contribution in [0.2, 0.25) is 0 Å². The van der Waals surface area contributed by atoms with E-state index in [0.29, 0.717) is 12.2 Å². The second-order valence-electron chi connectivity index (χ2n) is 6.24. The third kappa shape index (κ3) is 5.24. The Labute approximate surface area is 167 Å². The zero-order valence-corrected chi connectivity index (χ0v) is 16.9. The minimum atomic E-state index is -0.0576. The minimum absolute atomic E-state index is 0. The molecule has 2 aromatic carbocycles. The summed E-state index contributed by atoms with van der Waals surface area (Å²) in [5, 5.41) is 3.91. The van der Waals surface area contributed by atoms with E-state index < -0.39 is 0 Å². The van der Waals surface area contributed by atoms with Crippen LogP contribution in [-0.4, -0.2) is 55.6 Å². The van der Waals surface area contributed by atoms with Crippen molar-refractivity contribution in [2.45, 2.75) is 13.3 Å². The average molecular weight is 400 g/mol. The van der Waals surface area contributed by atoms with Gasteiger partial charge in [0.2, 0.25) is 0 Å². The molecular weight excluding hydrogens is 373 g/mol. The average Bonchev–Trinajstić information content (AvgIpc) is 2.61. The van der Waals surface area contributed by atoms with E-state index in [-0.39, 0.29) is 30.7 Å². The van der Waals surface area contributed by atoms with E-state index >= 15 is 0 Å². The normalized spacial score (nSPS) is 15.0. The van der Waals surface area contributed by atoms with Gasteiger partial charge >= 0.3 is 0 Å². The summed E-state index contributed by atoms with van der Waals surface area (Å²) >= 11 is 0. The van der Waals surface area contributed by atoms with Crippen LogP contribution >= 0.6 is 24.8 Å². The van der Waals surface area contributed by atoms with E-state index in [9.17, 15) is 4.79 Å². The summed E-state index contributed by atoms with van der Waals surface area (Å²) in [5.74, 6) is 0.779. The van der Waals surface area contributed by atoms with Crippen LogP contribution < -0.4 is 10.2 Å². The van der Waals surface area contributed by atoms with Gasteiger partial charge in [-0.1, -0.05) is 31.2 Å². The van der Waals surface area contributed by atoms with Crippen molar-refractivity contribution < 1.29 is 9.53 Å². The molecule has 7 heteroatoms. The fourth-order valence-corrected chi connectivity index (χ4v) is 2.93. The van der Waals surface area contributed by atoms with Gasteiger partial charge in [-0.2, -0.15) is 0 Å². The molecular formula is C19H27Cl2N3O2. The highest BCUT2D eigenvalue weighted by Gasteiger charge is 2.18. The summed E-state index contributed by atoms with van der Waals surface area (Å²) in [6.45, 7) is 6.38. The van der Waals surface area contributed by atoms with E-state index in [1.807, 2.05) is 41.4 Å². The zero-order valence-electron chi connectivity index (χ0n) is 15.2. The summed E-state index contributed by atoms with van der Waals surface area (Å²) in [6.07, 6.45) is 0.958. The van der Waals surface area contributed by atoms with Crippen molar-refractivity contribution in [1.29, 1.82) is 0 Å². The van der Waals surface area contributed by atoms with Gasteiger partial charge in [-0.3, -0.25) is 10.2 Å². The van der Waals surface area contributed by atoms with Gasteiger partial charge in [0.05, 0.1) is 6.61 Å². The van der Waals surface area contributed by atoms with Crippen LogP contribution in [0.4, 0.5) is 0 Å². The number of halogens is 2. The summed E-state index contributed by atoms with van der Waals surface area (Å²) in [4.78, 5) is 15.0. The number of rotatable bonds is 5. The van der Waals surface area contributed by atoms with Crippen LogP contribution in [0.15, 0.2) is 36.4 Å². The Morgan fingerprint density at radius 3 is 2.35 bits per heavy atom. The monoisotopic (exact) mass is 399 g/mol. The maximum atomic E-state index is 12.7. The summed E-state index contributed by atoms with van der Waals surface area (Å²) in [6, 6.07) is 11.7. The molecule has 2 aromatic rings. The number of fused-ring (bicyclic) bond motifs is 1. The molecule has 0 radical (unpaired) electrons. The molecule has 1 aliphatic heterocycles. The smallest absolute Gasteiger partial charge is 0.266 e. The Morgan fingerprint density at radius 2 is 1.69 bits per heavy atom. The number of carbonyl (C=O) groups is 1. The number of amides is 1. The van der Waals surface area contributed by atoms with Crippen molar-refractivity contribution in [2.24, 2.45) is 0 Å². The van der Waals surface area contributed by atoms with E-state index in [1.54, 1.807) is 0 Å². The Hall–Kier alpha value is -1.53. The van der Waals surface area contributed by atoms with Crippen molar-refractivity contribution >= 4 is 41.5 Å². The number of carbonyl (C=O) groups excluding carboxylic acids is 1. The number of likely N-dealkylation sites (N-methyl/N-ethyl adjacent to an activating group) is 1. The zero-order chi connectivity index (χ0) is 16.9. The van der Waals surface area contributed by atoms with Crippen molar-refractivity contribution in [3.05, 3.63) is 42.0 Å². The largest absolute Gasteiger partial charge is 0.493 e. The number of benzene rings is 2. The Bertz CT molecular complexity index is 719. The predicted molar refractivity (Wildman–Crippen MR) is 111 cm³/mol. The van der Waals surface area contributed by atoms with Gasteiger partial charge in [-0.25, -0.2) is 5.01 Å². The van der Waals surface area contributed by atoms with E-state index in [2.05, 4.69) is 24.3 Å². The lowest BCUT2D eigenvalue weighted by atomic mass is 10.0. The Balaban J connectivity index is 0.00000169. The van der Waals surface area contributed by atoms with E-state index in [4.69, 9.17) is 4.74 Å². The highest BCUT2D eigenvalue weighted by molar-refractivity contribution is 6.08. The predicted octanol–water partition coefficient (Wildman–Crippen LogP) is 3.36. The molecule has 3 rings (SSSR count). The van der Waals surface area contributed by atoms with E-state index in [0.717, 1.165) is 49.1 Å². The maximum absolute atomic E-state index is 12.7. The van der Waals surface area contributed by atoms with Crippen molar-refractivity contribution in [3.63, 3.8) is 0 Å². The van der Waals surface area contributed by atoms with Gasteiger partial charge in [0.15, 0.2) is 0 Å². The molecule has 1 aliphatic rings. The fraction of sp³-hybridized carbons (Fsp3) is 0.421. The molecule has 1 fully saturated rings. The lowest BCUT2D eigenvalue weighted by Crippen LogP contribution is -2.52. The van der Waals surface area contributed by atoms with Gasteiger partial charge in [0, 0.05) is 37.1 Å². The molecule has 0 saturated carbocycles. The molecule has 0 aliphatic carbocycles. The number of nitrogens with zero attached hydrogens (tertiary/aromatic N) is 2. The molecule has 1 heterocycles. The van der Waals surface area contributed by atoms with Gasteiger partial charge in [-0.15, -0.1) is 24.8 Å². The number of hydrogen-bond donors (Lipinski definition) is 1. The van der Waals surface area contributed by atoms with Gasteiger partial charge < -0.3 is 9.64 Å².